The number of carbonyl (C=O) groups excluding carboxylic acids is 1. The van der Waals surface area contributed by atoms with E-state index in [9.17, 15) is 15.0 Å². The predicted molar refractivity (Wildman–Crippen MR) is 79.2 cm³/mol. The average molecular weight is 286 g/mol. The van der Waals surface area contributed by atoms with Crippen molar-refractivity contribution in [3.63, 3.8) is 0 Å². The molecule has 0 unspecified atom stereocenters. The Labute approximate surface area is 125 Å². The standard InChI is InChI=1S/C18H22O3/c1-17-8-6-14-13-4-3-12(19)10-11(13)2-5-15(14)18(17,21)9-7-16(17)20/h3-4,10,14-15,19,21H,2,5-9H2,1H3/t14-,15-,17-,18+/m1/s1. The zero-order valence-electron chi connectivity index (χ0n) is 12.4. The summed E-state index contributed by atoms with van der Waals surface area (Å²) in [5, 5.41) is 21.0. The number of hydrogen-bond acceptors (Lipinski definition) is 3. The number of aliphatic hydroxyl groups is 1. The third-order valence-corrected chi connectivity index (χ3v) is 6.61. The van der Waals surface area contributed by atoms with Gasteiger partial charge in [-0.05, 0) is 74.1 Å². The van der Waals surface area contributed by atoms with Crippen LogP contribution in [0.4, 0.5) is 0 Å². The third kappa shape index (κ3) is 1.56. The molecule has 3 nitrogen and oxygen atoms in total. The normalized spacial score (nSPS) is 41.3. The summed E-state index contributed by atoms with van der Waals surface area (Å²) >= 11 is 0. The molecule has 2 saturated carbocycles. The summed E-state index contributed by atoms with van der Waals surface area (Å²) in [4.78, 5) is 12.3. The number of fused-ring (bicyclic) bond motifs is 5. The van der Waals surface area contributed by atoms with Crippen molar-refractivity contribution < 1.29 is 15.0 Å². The summed E-state index contributed by atoms with van der Waals surface area (Å²) in [7, 11) is 0. The van der Waals surface area contributed by atoms with Gasteiger partial charge in [-0.25, -0.2) is 0 Å². The Morgan fingerprint density at radius 1 is 1.19 bits per heavy atom. The Morgan fingerprint density at radius 3 is 2.81 bits per heavy atom. The first-order valence-electron chi connectivity index (χ1n) is 8.03. The van der Waals surface area contributed by atoms with Crippen LogP contribution in [0.2, 0.25) is 0 Å². The summed E-state index contributed by atoms with van der Waals surface area (Å²) in [6.45, 7) is 1.98. The number of phenols is 1. The van der Waals surface area contributed by atoms with Crippen LogP contribution >= 0.6 is 0 Å². The maximum Gasteiger partial charge on any atom is 0.141 e. The van der Waals surface area contributed by atoms with Crippen molar-refractivity contribution in [1.29, 1.82) is 0 Å². The molecule has 21 heavy (non-hydrogen) atoms. The molecule has 0 amide bonds. The van der Waals surface area contributed by atoms with Crippen LogP contribution in [0, 0.1) is 11.3 Å². The summed E-state index contributed by atoms with van der Waals surface area (Å²) in [6.07, 6.45) is 4.70. The van der Waals surface area contributed by atoms with Gasteiger partial charge in [0.15, 0.2) is 0 Å². The fourth-order valence-electron chi connectivity index (χ4n) is 5.32. The highest BCUT2D eigenvalue weighted by Crippen LogP contribution is 2.61. The van der Waals surface area contributed by atoms with Gasteiger partial charge >= 0.3 is 0 Å². The number of phenolic OH excluding ortho intramolecular Hbond substituents is 1. The van der Waals surface area contributed by atoms with Crippen molar-refractivity contribution in [2.24, 2.45) is 11.3 Å². The first-order valence-corrected chi connectivity index (χ1v) is 8.03. The van der Waals surface area contributed by atoms with E-state index in [1.807, 2.05) is 19.1 Å². The Hall–Kier alpha value is -1.35. The molecule has 4 rings (SSSR count). The molecule has 0 aromatic heterocycles. The lowest BCUT2D eigenvalue weighted by Gasteiger charge is -2.53. The number of Topliss-reactive ketones (excluding diaryl/α,β-unsaturated/α-hetero) is 1. The van der Waals surface area contributed by atoms with E-state index in [4.69, 9.17) is 0 Å². The van der Waals surface area contributed by atoms with Crippen molar-refractivity contribution in [2.45, 2.75) is 57.0 Å². The monoisotopic (exact) mass is 286 g/mol. The second-order valence-corrected chi connectivity index (χ2v) is 7.35. The van der Waals surface area contributed by atoms with Crippen molar-refractivity contribution in [3.8, 4) is 5.75 Å². The number of carbonyl (C=O) groups is 1. The second-order valence-electron chi connectivity index (χ2n) is 7.35. The number of aromatic hydroxyl groups is 1. The molecule has 3 heteroatoms. The van der Waals surface area contributed by atoms with Crippen LogP contribution in [0.5, 0.6) is 5.75 Å². The molecule has 112 valence electrons. The SMILES string of the molecule is C[C@]12CC[C@@H]3c4ccc(O)cc4CC[C@H]3[C@@]1(O)CCC2=O. The molecule has 0 bridgehead atoms. The summed E-state index contributed by atoms with van der Waals surface area (Å²) < 4.78 is 0. The van der Waals surface area contributed by atoms with E-state index in [-0.39, 0.29) is 11.7 Å². The summed E-state index contributed by atoms with van der Waals surface area (Å²) in [6, 6.07) is 5.63. The van der Waals surface area contributed by atoms with Gasteiger partial charge in [-0.3, -0.25) is 4.79 Å². The van der Waals surface area contributed by atoms with Gasteiger partial charge in [0.1, 0.15) is 11.5 Å². The highest BCUT2D eigenvalue weighted by Gasteiger charge is 2.64. The molecular formula is C18H22O3. The number of rotatable bonds is 0. The third-order valence-electron chi connectivity index (χ3n) is 6.61. The highest BCUT2D eigenvalue weighted by molar-refractivity contribution is 5.88. The molecule has 1 aromatic carbocycles. The van der Waals surface area contributed by atoms with E-state index in [1.54, 1.807) is 6.07 Å². The minimum absolute atomic E-state index is 0.180. The van der Waals surface area contributed by atoms with Crippen LogP contribution in [0.1, 0.15) is 56.1 Å². The Kier molecular flexibility index (Phi) is 2.60. The Bertz CT molecular complexity index is 623. The summed E-state index contributed by atoms with van der Waals surface area (Å²) in [5.74, 6) is 1.08. The number of ketones is 1. The maximum atomic E-state index is 12.3. The maximum absolute atomic E-state index is 12.3. The number of hydrogen-bond donors (Lipinski definition) is 2. The Balaban J connectivity index is 1.78. The largest absolute Gasteiger partial charge is 0.508 e. The lowest BCUT2D eigenvalue weighted by molar-refractivity contribution is -0.157. The van der Waals surface area contributed by atoms with Crippen LogP contribution in [0.15, 0.2) is 18.2 Å². The van der Waals surface area contributed by atoms with Gasteiger partial charge in [0.25, 0.3) is 0 Å². The molecule has 2 fully saturated rings. The summed E-state index contributed by atoms with van der Waals surface area (Å²) in [5.41, 5.74) is 1.12. The van der Waals surface area contributed by atoms with E-state index in [1.165, 1.54) is 11.1 Å². The molecule has 2 N–H and O–H groups in total. The van der Waals surface area contributed by atoms with E-state index in [0.29, 0.717) is 24.5 Å². The van der Waals surface area contributed by atoms with Gasteiger partial charge in [0.05, 0.1) is 11.0 Å². The molecule has 1 aromatic rings. The van der Waals surface area contributed by atoms with Crippen LogP contribution in [0.25, 0.3) is 0 Å². The van der Waals surface area contributed by atoms with E-state index in [0.717, 1.165) is 25.7 Å². The fourth-order valence-corrected chi connectivity index (χ4v) is 5.32. The topological polar surface area (TPSA) is 57.5 Å². The first kappa shape index (κ1) is 13.3. The first-order chi connectivity index (χ1) is 9.96. The van der Waals surface area contributed by atoms with Gasteiger partial charge < -0.3 is 10.2 Å². The zero-order valence-corrected chi connectivity index (χ0v) is 12.4. The molecule has 0 aliphatic heterocycles. The van der Waals surface area contributed by atoms with Crippen molar-refractivity contribution in [2.75, 3.05) is 0 Å². The van der Waals surface area contributed by atoms with Crippen LogP contribution < -0.4 is 0 Å². The van der Waals surface area contributed by atoms with Crippen molar-refractivity contribution in [3.05, 3.63) is 29.3 Å². The highest BCUT2D eigenvalue weighted by atomic mass is 16.3. The number of benzene rings is 1. The van der Waals surface area contributed by atoms with Gasteiger partial charge in [-0.2, -0.15) is 0 Å². The van der Waals surface area contributed by atoms with E-state index >= 15 is 0 Å². The Morgan fingerprint density at radius 2 is 2.00 bits per heavy atom. The lowest BCUT2D eigenvalue weighted by Crippen LogP contribution is -2.56. The van der Waals surface area contributed by atoms with Gasteiger partial charge in [-0.15, -0.1) is 0 Å². The van der Waals surface area contributed by atoms with E-state index < -0.39 is 11.0 Å². The molecule has 0 saturated heterocycles. The van der Waals surface area contributed by atoms with Crippen molar-refractivity contribution >= 4 is 5.78 Å². The predicted octanol–water partition coefficient (Wildman–Crippen LogP) is 2.93. The molecule has 3 aliphatic rings. The zero-order chi connectivity index (χ0) is 14.8. The minimum Gasteiger partial charge on any atom is -0.508 e. The molecule has 4 atom stereocenters. The van der Waals surface area contributed by atoms with Crippen LogP contribution in [-0.4, -0.2) is 21.6 Å². The smallest absolute Gasteiger partial charge is 0.141 e. The average Bonchev–Trinajstić information content (AvgIpc) is 2.71. The quantitative estimate of drug-likeness (QED) is 0.771. The molecular weight excluding hydrogens is 264 g/mol. The molecule has 0 heterocycles. The van der Waals surface area contributed by atoms with Crippen LogP contribution in [0.3, 0.4) is 0 Å². The second kappa shape index (κ2) is 4.10. The molecule has 0 spiro atoms. The van der Waals surface area contributed by atoms with Gasteiger partial charge in [0, 0.05) is 6.42 Å². The minimum atomic E-state index is -0.831. The van der Waals surface area contributed by atoms with Gasteiger partial charge in [-0.1, -0.05) is 6.07 Å². The lowest BCUT2D eigenvalue weighted by atomic mass is 9.53. The number of aryl methyl sites for hydroxylation is 1. The molecule has 3 aliphatic carbocycles. The fraction of sp³-hybridized carbons (Fsp3) is 0.611. The van der Waals surface area contributed by atoms with E-state index in [2.05, 4.69) is 0 Å². The van der Waals surface area contributed by atoms with Crippen LogP contribution in [-0.2, 0) is 11.2 Å². The van der Waals surface area contributed by atoms with Gasteiger partial charge in [0.2, 0.25) is 0 Å². The molecule has 0 radical (unpaired) electrons. The van der Waals surface area contributed by atoms with Crippen molar-refractivity contribution in [1.82, 2.24) is 0 Å².